The third kappa shape index (κ3) is 20.9. The highest BCUT2D eigenvalue weighted by atomic mass is 32.3. The summed E-state index contributed by atoms with van der Waals surface area (Å²) in [5.41, 5.74) is 3.61. The Labute approximate surface area is 794 Å². The maximum absolute atomic E-state index is 12.6. The highest BCUT2D eigenvalue weighted by molar-refractivity contribution is 8.11. The Morgan fingerprint density at radius 2 is 0.677 bits per heavy atom. The highest BCUT2D eigenvalue weighted by Gasteiger charge is 2.51. The van der Waals surface area contributed by atoms with E-state index < -0.39 is 103 Å². The fourth-order valence-electron chi connectivity index (χ4n) is 17.2. The van der Waals surface area contributed by atoms with Gasteiger partial charge in [0.15, 0.2) is 69.4 Å². The predicted octanol–water partition coefficient (Wildman–Crippen LogP) is 19.3. The number of hydrogen-bond acceptors (Lipinski definition) is 30. The van der Waals surface area contributed by atoms with Crippen molar-refractivity contribution in [2.75, 3.05) is 79.3 Å². The number of allylic oxidation sites excluding steroid dienone is 1. The van der Waals surface area contributed by atoms with Gasteiger partial charge in [-0.15, -0.1) is 56.7 Å². The molecule has 18 rings (SSSR count). The summed E-state index contributed by atoms with van der Waals surface area (Å²) in [4.78, 5) is 8.15. The van der Waals surface area contributed by atoms with Crippen LogP contribution in [0.3, 0.4) is 0 Å². The Hall–Kier alpha value is -9.13. The maximum atomic E-state index is 12.6. The van der Waals surface area contributed by atoms with Crippen molar-refractivity contribution in [1.82, 2.24) is 0 Å². The molecule has 7 aliphatic heterocycles. The Morgan fingerprint density at radius 3 is 1.04 bits per heavy atom. The number of aryl methyl sites for hydroxylation is 2. The summed E-state index contributed by atoms with van der Waals surface area (Å²) >= 11 is 9.83. The molecule has 7 unspecified atom stereocenters. The molecule has 12 heterocycles. The SMILES string of the molecule is CC.Cc1sc(-c2sc(-c3sc(-c4sc(C5=C6OCC[O+]=C6C(c6sc(C)c7c6OCCO7)S5)c5c4OCCO5)c4c3OCCO4)c3c2OCCO3)c2c1OCCO2.[CH2+]S(=O)([O-])(O)c1ccc(C(CC(C)c2ccc(S(=O)(=O)O)cc2)CC(CC(CC(CC(CC)c2ccc(S(=O)(=O)O)cc2)c2ccc(S(=O)(=O)[O-])cc2)c2ccc(S(=O)(=O)O)cc2)c2ccc(S(=O)(=O)O)cc2)cc1. The molecule has 0 fully saturated rings. The Morgan fingerprint density at radius 1 is 0.391 bits per heavy atom. The third-order valence-corrected chi connectivity index (χ3v) is 36.7. The lowest BCUT2D eigenvalue weighted by molar-refractivity contribution is -0.468. The van der Waals surface area contributed by atoms with E-state index in [1.807, 2.05) is 27.7 Å². The highest BCUT2D eigenvalue weighted by Crippen LogP contribution is 2.68. The molecule has 42 heteroatoms. The zero-order valence-corrected chi connectivity index (χ0v) is 82.0. The van der Waals surface area contributed by atoms with Crippen LogP contribution in [0.1, 0.15) is 160 Å². The topological polar surface area (TPSA) is 448 Å². The lowest BCUT2D eigenvalue weighted by Crippen LogP contribution is -2.27. The van der Waals surface area contributed by atoms with Gasteiger partial charge in [0.2, 0.25) is 5.76 Å². The minimum Gasteiger partial charge on any atom is -0.744 e. The van der Waals surface area contributed by atoms with Crippen molar-refractivity contribution in [3.63, 3.8) is 0 Å². The number of sulfone groups is 1. The first kappa shape index (κ1) is 97.0. The van der Waals surface area contributed by atoms with E-state index in [-0.39, 0.29) is 46.1 Å². The van der Waals surface area contributed by atoms with Crippen LogP contribution in [0.4, 0.5) is 0 Å². The number of fused-ring (bicyclic) bond motifs is 6. The van der Waals surface area contributed by atoms with Gasteiger partial charge in [0.1, 0.15) is 82.4 Å². The Balaban J connectivity index is 0.000000196. The predicted molar refractivity (Wildman–Crippen MR) is 504 cm³/mol. The van der Waals surface area contributed by atoms with Crippen LogP contribution in [-0.2, 0) is 69.4 Å². The second-order valence-corrected chi connectivity index (χ2v) is 48.2. The molecule has 0 bridgehead atoms. The van der Waals surface area contributed by atoms with E-state index in [0.717, 1.165) is 88.2 Å². The summed E-state index contributed by atoms with van der Waals surface area (Å²) < 4.78 is 284. The van der Waals surface area contributed by atoms with E-state index in [1.165, 1.54) is 133 Å². The van der Waals surface area contributed by atoms with Crippen LogP contribution in [0.25, 0.3) is 34.2 Å². The fourth-order valence-corrected chi connectivity index (χ4v) is 28.0. The lowest BCUT2D eigenvalue weighted by atomic mass is 9.72. The van der Waals surface area contributed by atoms with Gasteiger partial charge in [-0.2, -0.15) is 33.7 Å². The molecule has 0 spiro atoms. The van der Waals surface area contributed by atoms with Gasteiger partial charge in [0.05, 0.1) is 82.9 Å². The number of thioether (sulfide) groups is 1. The molecule has 133 heavy (non-hydrogen) atoms. The molecule has 7 aliphatic rings. The summed E-state index contributed by atoms with van der Waals surface area (Å²) in [5, 5.41) is -0.158. The molecule has 708 valence electrons. The molecule has 7 atom stereocenters. The monoisotopic (exact) mass is 2050 g/mol. The zero-order valence-electron chi connectivity index (χ0n) is 72.2. The standard InChI is InChI=1S/C51H56O18S6.C38H31O12S6.C2H6/c1-4-35(37-7-19-47(20-8-37)71(55,56)57)30-43(38-9-21-48(22-10-38)72(58,59)60)32-45(40-13-25-50(26-14-40)74(64,65)66)33-44(39-11-23-49(24-12-39)73(61,62)63)31-42(41-15-27-51(28-16-41)75(3,67,68)69)29-34(2)36-5-17-46(18-6-36)70(52,53)54;1-15-17-19(41-5-3-39-17)29(51-15)31-21-23(45-9-7-43-21)33(53-31)35-25-27(49-13-11-47-25)37(55-35)38-28-26(48-12-14-50-28)36(56-38)34-24-22(44-8-10-46-24)32(54-34)30-20-18(16(2)52-30)40-4-6-42-20;1-2/h5-28,34-35,42-45H,3-4,29-33H2,1-2H3,(H6-,52,53,54,55,56,57,58,59,60,61,62,63,64,65,66,67,68,69);31H,3-14H2,1-2H3;1-2H3/q;+1;/p-1. The number of ether oxygens (including phenoxy) is 11. The van der Waals surface area contributed by atoms with E-state index >= 15 is 0 Å². The van der Waals surface area contributed by atoms with Crippen LogP contribution in [0, 0.1) is 20.1 Å². The molecular formula is C91H92O30S12. The molecule has 30 nitrogen and oxygen atoms in total. The first-order valence-corrected chi connectivity index (χ1v) is 56.4. The van der Waals surface area contributed by atoms with Gasteiger partial charge in [-0.25, -0.2) is 17.1 Å². The van der Waals surface area contributed by atoms with Crippen LogP contribution >= 0.6 is 68.4 Å². The minimum atomic E-state index is -5.71. The van der Waals surface area contributed by atoms with Gasteiger partial charge in [-0.1, -0.05) is 112 Å². The van der Waals surface area contributed by atoms with Crippen LogP contribution in [0.5, 0.6) is 57.5 Å². The second kappa shape index (κ2) is 38.8. The number of benzene rings is 6. The first-order valence-electron chi connectivity index (χ1n) is 42.3. The number of rotatable bonds is 28. The normalized spacial score (nSPS) is 17.5. The van der Waals surface area contributed by atoms with Gasteiger partial charge < -0.3 is 65.8 Å². The smallest absolute Gasteiger partial charge is 0.380 e. The van der Waals surface area contributed by atoms with Gasteiger partial charge in [-0.05, 0) is 194 Å². The van der Waals surface area contributed by atoms with E-state index in [0.29, 0.717) is 166 Å². The summed E-state index contributed by atoms with van der Waals surface area (Å²) in [6.07, 6.45) is 4.68. The first-order chi connectivity index (χ1) is 63.2. The van der Waals surface area contributed by atoms with Gasteiger partial charge in [-0.3, -0.25) is 18.2 Å². The molecule has 0 aliphatic carbocycles. The van der Waals surface area contributed by atoms with Crippen LogP contribution in [0.15, 0.2) is 181 Å². The summed E-state index contributed by atoms with van der Waals surface area (Å²) in [6, 6.07) is 32.8. The van der Waals surface area contributed by atoms with Crippen molar-refractivity contribution < 1.29 is 135 Å². The molecule has 0 saturated carbocycles. The van der Waals surface area contributed by atoms with Crippen molar-refractivity contribution in [2.24, 2.45) is 0 Å². The van der Waals surface area contributed by atoms with E-state index in [1.54, 1.807) is 80.6 Å². The minimum absolute atomic E-state index is 0.158. The van der Waals surface area contributed by atoms with E-state index in [2.05, 4.69) is 20.1 Å². The number of ketones is 1. The lowest BCUT2D eigenvalue weighted by Gasteiger charge is -2.33. The summed E-state index contributed by atoms with van der Waals surface area (Å²) in [7, 11) is -29.0. The summed E-state index contributed by atoms with van der Waals surface area (Å²) in [5.74, 6) is 5.95. The van der Waals surface area contributed by atoms with E-state index in [9.17, 15) is 78.2 Å². The maximum Gasteiger partial charge on any atom is 0.380 e. The third-order valence-electron chi connectivity index (χ3n) is 23.5. The quantitative estimate of drug-likeness (QED) is 0.0173. The van der Waals surface area contributed by atoms with Crippen molar-refractivity contribution >= 4 is 139 Å². The van der Waals surface area contributed by atoms with Gasteiger partial charge in [0.25, 0.3) is 47.1 Å². The van der Waals surface area contributed by atoms with Crippen molar-refractivity contribution in [3.8, 4) is 86.8 Å². The summed E-state index contributed by atoms with van der Waals surface area (Å²) in [6.45, 7) is 17.5. The fraction of sp³-hybridized carbons (Fsp3) is 0.341. The molecule has 0 amide bonds. The molecule has 6 aromatic carbocycles. The molecule has 0 radical (unpaired) electrons. The molecule has 5 N–H and O–H groups in total. The number of carbonyl (C=O) groups excluding carboxylic acids is 1. The van der Waals surface area contributed by atoms with Gasteiger partial charge in [0, 0.05) is 9.75 Å². The molecule has 0 saturated heterocycles. The van der Waals surface area contributed by atoms with Gasteiger partial charge >= 0.3 is 5.78 Å². The van der Waals surface area contributed by atoms with Crippen molar-refractivity contribution in [3.05, 3.63) is 210 Å². The number of thiophene rings is 5. The Kier molecular flexibility index (Phi) is 28.3. The average molecular weight is 2050 g/mol. The molecule has 11 aromatic rings. The molecular weight excluding hydrogens is 1960 g/mol. The van der Waals surface area contributed by atoms with Crippen molar-refractivity contribution in [2.45, 2.75) is 150 Å². The van der Waals surface area contributed by atoms with Crippen LogP contribution < -0.4 is 47.4 Å². The van der Waals surface area contributed by atoms with Crippen LogP contribution in [0.2, 0.25) is 0 Å². The molecule has 5 aromatic heterocycles. The average Bonchev–Trinajstić information content (AvgIpc) is 1.57. The number of hydrogen-bond donors (Lipinski definition) is 5. The second-order valence-electron chi connectivity index (χ2n) is 32.0. The zero-order chi connectivity index (χ0) is 94.6. The van der Waals surface area contributed by atoms with E-state index in [4.69, 9.17) is 56.5 Å². The van der Waals surface area contributed by atoms with Crippen molar-refractivity contribution in [1.29, 1.82) is 0 Å². The largest absolute Gasteiger partial charge is 0.744 e. The Bertz CT molecular complexity index is 6940. The van der Waals surface area contributed by atoms with Crippen LogP contribution in [-0.4, -0.2) is 163 Å².